The van der Waals surface area contributed by atoms with Gasteiger partial charge in [0, 0.05) is 52.0 Å². The molecule has 0 atom stereocenters. The molecule has 0 radical (unpaired) electrons. The number of non-ortho nitro benzene ring substituents is 2. The first-order valence-electron chi connectivity index (χ1n) is 9.80. The van der Waals surface area contributed by atoms with Gasteiger partial charge in [-0.3, -0.25) is 29.8 Å². The number of nitro benzene ring substituents is 2. The Bertz CT molecular complexity index is 1540. The standard InChI is InChI=1S/C24H13N3O6/c28-23-18-10-14(26(30)31)8-9-17(18)22-19(23)11-15(27(32)33)12-20(22)24(29)25-21-7-3-5-13-4-1-2-6-16(13)21/h1-12H,(H,25,29). The van der Waals surface area contributed by atoms with Crippen LogP contribution in [0.15, 0.2) is 72.8 Å². The molecule has 0 bridgehead atoms. The lowest BCUT2D eigenvalue weighted by Crippen LogP contribution is -2.14. The molecule has 160 valence electrons. The SMILES string of the molecule is O=C(Nc1cccc2ccccc12)c1cc([N+](=O)[O-])cc2c1-c1ccc([N+](=O)[O-])cc1C2=O. The highest BCUT2D eigenvalue weighted by molar-refractivity contribution is 6.26. The maximum Gasteiger partial charge on any atom is 0.271 e. The van der Waals surface area contributed by atoms with Crippen molar-refractivity contribution in [2.45, 2.75) is 0 Å². The van der Waals surface area contributed by atoms with Crippen LogP contribution < -0.4 is 5.32 Å². The van der Waals surface area contributed by atoms with E-state index >= 15 is 0 Å². The van der Waals surface area contributed by atoms with Crippen LogP contribution in [0, 0.1) is 20.2 Å². The van der Waals surface area contributed by atoms with Crippen LogP contribution in [0.1, 0.15) is 26.3 Å². The van der Waals surface area contributed by atoms with Gasteiger partial charge >= 0.3 is 0 Å². The van der Waals surface area contributed by atoms with Crippen molar-refractivity contribution in [2.75, 3.05) is 5.32 Å². The number of amides is 1. The fraction of sp³-hybridized carbons (Fsp3) is 0. The van der Waals surface area contributed by atoms with Gasteiger partial charge < -0.3 is 5.32 Å². The number of ketones is 1. The first kappa shape index (κ1) is 20.0. The number of rotatable bonds is 4. The Hall–Kier alpha value is -4.92. The molecule has 5 rings (SSSR count). The summed E-state index contributed by atoms with van der Waals surface area (Å²) in [6.07, 6.45) is 0. The van der Waals surface area contributed by atoms with Gasteiger partial charge in [-0.25, -0.2) is 0 Å². The number of benzene rings is 4. The lowest BCUT2D eigenvalue weighted by Gasteiger charge is -2.12. The van der Waals surface area contributed by atoms with E-state index in [-0.39, 0.29) is 27.9 Å². The third kappa shape index (κ3) is 3.19. The monoisotopic (exact) mass is 439 g/mol. The van der Waals surface area contributed by atoms with E-state index in [1.807, 2.05) is 30.3 Å². The summed E-state index contributed by atoms with van der Waals surface area (Å²) < 4.78 is 0. The second-order valence-corrected chi connectivity index (χ2v) is 7.47. The van der Waals surface area contributed by atoms with E-state index in [2.05, 4.69) is 5.32 Å². The van der Waals surface area contributed by atoms with Gasteiger partial charge in [0.05, 0.1) is 15.4 Å². The molecule has 0 spiro atoms. The van der Waals surface area contributed by atoms with Gasteiger partial charge in [0.2, 0.25) is 0 Å². The van der Waals surface area contributed by atoms with Crippen LogP contribution in [0.4, 0.5) is 17.1 Å². The third-order valence-corrected chi connectivity index (χ3v) is 5.59. The van der Waals surface area contributed by atoms with Gasteiger partial charge in [-0.2, -0.15) is 0 Å². The van der Waals surface area contributed by atoms with Crippen LogP contribution in [0.25, 0.3) is 21.9 Å². The summed E-state index contributed by atoms with van der Waals surface area (Å²) in [5.74, 6) is -1.24. The van der Waals surface area contributed by atoms with Crippen LogP contribution in [0.5, 0.6) is 0 Å². The lowest BCUT2D eigenvalue weighted by molar-refractivity contribution is -0.385. The number of anilines is 1. The molecule has 0 saturated heterocycles. The van der Waals surface area contributed by atoms with E-state index in [4.69, 9.17) is 0 Å². The maximum absolute atomic E-state index is 13.3. The minimum Gasteiger partial charge on any atom is -0.321 e. The molecule has 1 amide bonds. The van der Waals surface area contributed by atoms with Crippen LogP contribution in [-0.4, -0.2) is 21.5 Å². The number of nitro groups is 2. The smallest absolute Gasteiger partial charge is 0.271 e. The lowest BCUT2D eigenvalue weighted by atomic mass is 9.97. The molecule has 0 unspecified atom stereocenters. The zero-order chi connectivity index (χ0) is 23.3. The van der Waals surface area contributed by atoms with Gasteiger partial charge in [0.15, 0.2) is 5.78 Å². The number of hydrogen-bond donors (Lipinski definition) is 1. The Kier molecular flexibility index (Phi) is 4.45. The van der Waals surface area contributed by atoms with E-state index in [0.717, 1.165) is 29.0 Å². The van der Waals surface area contributed by atoms with Crippen LogP contribution in [0.3, 0.4) is 0 Å². The summed E-state index contributed by atoms with van der Waals surface area (Å²) in [6, 6.07) is 18.7. The van der Waals surface area contributed by atoms with E-state index in [0.29, 0.717) is 11.3 Å². The van der Waals surface area contributed by atoms with Gasteiger partial charge in [-0.1, -0.05) is 36.4 Å². The van der Waals surface area contributed by atoms with E-state index < -0.39 is 27.2 Å². The predicted octanol–water partition coefficient (Wildman–Crippen LogP) is 5.12. The van der Waals surface area contributed by atoms with Crippen molar-refractivity contribution in [3.05, 3.63) is 110 Å². The molecule has 4 aromatic carbocycles. The first-order valence-corrected chi connectivity index (χ1v) is 9.80. The Morgan fingerprint density at radius 3 is 2.21 bits per heavy atom. The summed E-state index contributed by atoms with van der Waals surface area (Å²) in [6.45, 7) is 0. The van der Waals surface area contributed by atoms with Crippen molar-refractivity contribution in [1.29, 1.82) is 0 Å². The molecule has 0 saturated carbocycles. The molecule has 0 aliphatic heterocycles. The Morgan fingerprint density at radius 1 is 0.758 bits per heavy atom. The second-order valence-electron chi connectivity index (χ2n) is 7.47. The minimum atomic E-state index is -0.687. The topological polar surface area (TPSA) is 132 Å². The number of fused-ring (bicyclic) bond motifs is 4. The highest BCUT2D eigenvalue weighted by atomic mass is 16.6. The predicted molar refractivity (Wildman–Crippen MR) is 121 cm³/mol. The van der Waals surface area contributed by atoms with Crippen LogP contribution >= 0.6 is 0 Å². The average Bonchev–Trinajstić information content (AvgIpc) is 3.10. The molecular formula is C24H13N3O6. The van der Waals surface area contributed by atoms with E-state index in [9.17, 15) is 29.8 Å². The molecule has 1 aliphatic carbocycles. The summed E-state index contributed by atoms with van der Waals surface area (Å²) in [5, 5.41) is 27.1. The maximum atomic E-state index is 13.3. The van der Waals surface area contributed by atoms with Gasteiger partial charge in [-0.05, 0) is 23.1 Å². The number of nitrogens with zero attached hydrogens (tertiary/aromatic N) is 2. The molecule has 0 fully saturated rings. The molecule has 9 heteroatoms. The molecule has 9 nitrogen and oxygen atoms in total. The summed E-state index contributed by atoms with van der Waals surface area (Å²) in [5.41, 5.74) is 0.256. The van der Waals surface area contributed by atoms with Crippen molar-refractivity contribution in [3.63, 3.8) is 0 Å². The number of carbonyl (C=O) groups is 2. The summed E-state index contributed by atoms with van der Waals surface area (Å²) >= 11 is 0. The molecule has 33 heavy (non-hydrogen) atoms. The van der Waals surface area contributed by atoms with Crippen molar-refractivity contribution in [2.24, 2.45) is 0 Å². The number of nitrogens with one attached hydrogen (secondary N) is 1. The molecular weight excluding hydrogens is 426 g/mol. The fourth-order valence-corrected chi connectivity index (χ4v) is 4.10. The number of carbonyl (C=O) groups excluding carboxylic acids is 2. The van der Waals surface area contributed by atoms with Crippen molar-refractivity contribution in [1.82, 2.24) is 0 Å². The Balaban J connectivity index is 1.67. The first-order chi connectivity index (χ1) is 15.8. The quantitative estimate of drug-likeness (QED) is 0.305. The highest BCUT2D eigenvalue weighted by Crippen LogP contribution is 2.42. The van der Waals surface area contributed by atoms with E-state index in [1.165, 1.54) is 12.1 Å². The normalized spacial score (nSPS) is 11.7. The zero-order valence-electron chi connectivity index (χ0n) is 16.8. The Labute approximate surface area is 185 Å². The molecule has 4 aromatic rings. The average molecular weight is 439 g/mol. The highest BCUT2D eigenvalue weighted by Gasteiger charge is 2.34. The second kappa shape index (κ2) is 7.34. The van der Waals surface area contributed by atoms with Crippen molar-refractivity contribution in [3.8, 4) is 11.1 Å². The number of hydrogen-bond acceptors (Lipinski definition) is 6. The van der Waals surface area contributed by atoms with Crippen molar-refractivity contribution < 1.29 is 19.4 Å². The fourth-order valence-electron chi connectivity index (χ4n) is 4.10. The molecule has 1 aliphatic rings. The summed E-state index contributed by atoms with van der Waals surface area (Å²) in [7, 11) is 0. The third-order valence-electron chi connectivity index (χ3n) is 5.59. The van der Waals surface area contributed by atoms with Crippen molar-refractivity contribution >= 4 is 39.5 Å². The minimum absolute atomic E-state index is 0.0268. The summed E-state index contributed by atoms with van der Waals surface area (Å²) in [4.78, 5) is 47.6. The Morgan fingerprint density at radius 2 is 1.45 bits per heavy atom. The van der Waals surface area contributed by atoms with Gasteiger partial charge in [0.1, 0.15) is 0 Å². The van der Waals surface area contributed by atoms with Gasteiger partial charge in [0.25, 0.3) is 17.3 Å². The largest absolute Gasteiger partial charge is 0.321 e. The molecule has 1 N–H and O–H groups in total. The molecule has 0 aromatic heterocycles. The van der Waals surface area contributed by atoms with Crippen LogP contribution in [-0.2, 0) is 0 Å². The molecule has 0 heterocycles. The van der Waals surface area contributed by atoms with Gasteiger partial charge in [-0.15, -0.1) is 0 Å². The van der Waals surface area contributed by atoms with Crippen LogP contribution in [0.2, 0.25) is 0 Å². The zero-order valence-corrected chi connectivity index (χ0v) is 16.8. The van der Waals surface area contributed by atoms with E-state index in [1.54, 1.807) is 12.1 Å².